The highest BCUT2D eigenvalue weighted by molar-refractivity contribution is 5.76. The van der Waals surface area contributed by atoms with E-state index in [4.69, 9.17) is 14.2 Å². The van der Waals surface area contributed by atoms with E-state index in [-0.39, 0.29) is 24.8 Å². The van der Waals surface area contributed by atoms with E-state index in [1.165, 1.54) is 39.0 Å². The summed E-state index contributed by atoms with van der Waals surface area (Å²) in [6.07, 6.45) is 8.16. The number of carbonyl (C=O) groups is 2. The number of hydrogen-bond acceptors (Lipinski definition) is 7. The minimum atomic E-state index is -0.421. The summed E-state index contributed by atoms with van der Waals surface area (Å²) in [6, 6.07) is 11.4. The number of rotatable bonds is 17. The fourth-order valence-corrected chi connectivity index (χ4v) is 3.35. The standard InChI is InChI=1S/C27H38N2O5/c1-4-5-6-7-8-9-19-32-24-15-13-23(14-16-24)25-17-18-26(29-28-25)33-20-22(3)34-27(31)12-10-11-21(2)30/h13-18,22H,4-12,19-20H2,1-3H3. The molecule has 0 saturated heterocycles. The van der Waals surface area contributed by atoms with Crippen molar-refractivity contribution in [3.8, 4) is 22.9 Å². The zero-order chi connectivity index (χ0) is 24.6. The van der Waals surface area contributed by atoms with E-state index in [9.17, 15) is 9.59 Å². The Labute approximate surface area is 203 Å². The van der Waals surface area contributed by atoms with Crippen molar-refractivity contribution in [2.45, 2.75) is 84.7 Å². The maximum Gasteiger partial charge on any atom is 0.306 e. The van der Waals surface area contributed by atoms with Gasteiger partial charge < -0.3 is 19.0 Å². The molecule has 0 saturated carbocycles. The van der Waals surface area contributed by atoms with Crippen LogP contribution in [0.25, 0.3) is 11.3 Å². The maximum absolute atomic E-state index is 11.8. The third-order valence-electron chi connectivity index (χ3n) is 5.27. The topological polar surface area (TPSA) is 87.6 Å². The predicted molar refractivity (Wildman–Crippen MR) is 132 cm³/mol. The van der Waals surface area contributed by atoms with Crippen LogP contribution in [0.15, 0.2) is 36.4 Å². The first-order valence-corrected chi connectivity index (χ1v) is 12.4. The molecule has 0 radical (unpaired) electrons. The number of ether oxygens (including phenoxy) is 3. The largest absolute Gasteiger partial charge is 0.494 e. The van der Waals surface area contributed by atoms with Gasteiger partial charge in [0.25, 0.3) is 0 Å². The fourth-order valence-electron chi connectivity index (χ4n) is 3.35. The molecule has 1 aromatic heterocycles. The molecule has 7 heteroatoms. The number of Topliss-reactive ketones (excluding diaryl/α,β-unsaturated/α-hetero) is 1. The molecule has 0 amide bonds. The molecule has 1 unspecified atom stereocenters. The minimum Gasteiger partial charge on any atom is -0.494 e. The van der Waals surface area contributed by atoms with E-state index in [0.717, 1.165) is 30.0 Å². The number of unbranched alkanes of at least 4 members (excludes halogenated alkanes) is 5. The summed E-state index contributed by atoms with van der Waals surface area (Å²) in [5.41, 5.74) is 1.68. The van der Waals surface area contributed by atoms with Gasteiger partial charge in [-0.3, -0.25) is 4.79 Å². The normalized spacial score (nSPS) is 11.6. The Balaban J connectivity index is 1.70. The first kappa shape index (κ1) is 27.3. The van der Waals surface area contributed by atoms with Gasteiger partial charge in [0.05, 0.1) is 12.3 Å². The molecule has 2 rings (SSSR count). The van der Waals surface area contributed by atoms with Crippen LogP contribution in [0.1, 0.15) is 78.6 Å². The highest BCUT2D eigenvalue weighted by Crippen LogP contribution is 2.21. The van der Waals surface area contributed by atoms with Crippen molar-refractivity contribution in [1.82, 2.24) is 10.2 Å². The van der Waals surface area contributed by atoms with Gasteiger partial charge in [-0.25, -0.2) is 0 Å². The molecule has 1 heterocycles. The highest BCUT2D eigenvalue weighted by atomic mass is 16.6. The van der Waals surface area contributed by atoms with Crippen LogP contribution in [0, 0.1) is 0 Å². The molecule has 1 atom stereocenters. The van der Waals surface area contributed by atoms with E-state index in [1.54, 1.807) is 13.0 Å². The van der Waals surface area contributed by atoms with E-state index in [2.05, 4.69) is 17.1 Å². The molecule has 0 spiro atoms. The second-order valence-corrected chi connectivity index (χ2v) is 8.56. The Bertz CT molecular complexity index is 852. The van der Waals surface area contributed by atoms with Crippen molar-refractivity contribution in [3.05, 3.63) is 36.4 Å². The van der Waals surface area contributed by atoms with Gasteiger partial charge in [0, 0.05) is 24.5 Å². The number of nitrogens with zero attached hydrogens (tertiary/aromatic N) is 2. The Morgan fingerprint density at radius 1 is 0.853 bits per heavy atom. The summed E-state index contributed by atoms with van der Waals surface area (Å²) < 4.78 is 16.7. The van der Waals surface area contributed by atoms with Gasteiger partial charge >= 0.3 is 5.97 Å². The van der Waals surface area contributed by atoms with Crippen LogP contribution >= 0.6 is 0 Å². The maximum atomic E-state index is 11.8. The molecule has 0 fully saturated rings. The summed E-state index contributed by atoms with van der Waals surface area (Å²) in [7, 11) is 0. The van der Waals surface area contributed by atoms with Crippen molar-refractivity contribution in [2.24, 2.45) is 0 Å². The van der Waals surface area contributed by atoms with Crippen LogP contribution in [0.5, 0.6) is 11.6 Å². The van der Waals surface area contributed by atoms with E-state index < -0.39 is 6.10 Å². The summed E-state index contributed by atoms with van der Waals surface area (Å²) in [5, 5.41) is 8.34. The predicted octanol–water partition coefficient (Wildman–Crippen LogP) is 5.95. The Morgan fingerprint density at radius 2 is 1.59 bits per heavy atom. The lowest BCUT2D eigenvalue weighted by Crippen LogP contribution is -2.22. The van der Waals surface area contributed by atoms with Crippen molar-refractivity contribution in [1.29, 1.82) is 0 Å². The van der Waals surface area contributed by atoms with Crippen molar-refractivity contribution >= 4 is 11.8 Å². The van der Waals surface area contributed by atoms with Crippen LogP contribution < -0.4 is 9.47 Å². The Morgan fingerprint density at radius 3 is 2.26 bits per heavy atom. The number of carbonyl (C=O) groups excluding carboxylic acids is 2. The van der Waals surface area contributed by atoms with E-state index in [1.807, 2.05) is 30.3 Å². The molecule has 186 valence electrons. The molecule has 7 nitrogen and oxygen atoms in total. The molecule has 34 heavy (non-hydrogen) atoms. The summed E-state index contributed by atoms with van der Waals surface area (Å²) >= 11 is 0. The fraction of sp³-hybridized carbons (Fsp3) is 0.556. The molecule has 0 aliphatic carbocycles. The summed E-state index contributed by atoms with van der Waals surface area (Å²) in [5.74, 6) is 0.953. The van der Waals surface area contributed by atoms with Crippen LogP contribution in [0.3, 0.4) is 0 Å². The van der Waals surface area contributed by atoms with Crippen LogP contribution in [-0.2, 0) is 14.3 Å². The third kappa shape index (κ3) is 11.3. The third-order valence-corrected chi connectivity index (χ3v) is 5.27. The highest BCUT2D eigenvalue weighted by Gasteiger charge is 2.11. The molecule has 2 aromatic rings. The number of ketones is 1. The number of aromatic nitrogens is 2. The first-order chi connectivity index (χ1) is 16.5. The van der Waals surface area contributed by atoms with Crippen molar-refractivity contribution < 1.29 is 23.8 Å². The zero-order valence-electron chi connectivity index (χ0n) is 20.8. The lowest BCUT2D eigenvalue weighted by molar-refractivity contribution is -0.149. The Kier molecular flexibility index (Phi) is 12.7. The first-order valence-electron chi connectivity index (χ1n) is 12.4. The lowest BCUT2D eigenvalue weighted by atomic mass is 10.1. The van der Waals surface area contributed by atoms with Gasteiger partial charge in [-0.15, -0.1) is 10.2 Å². The SMILES string of the molecule is CCCCCCCCOc1ccc(-c2ccc(OCC(C)OC(=O)CCCC(C)=O)nn2)cc1. The van der Waals surface area contributed by atoms with Crippen molar-refractivity contribution in [3.63, 3.8) is 0 Å². The van der Waals surface area contributed by atoms with Gasteiger partial charge in [0.2, 0.25) is 5.88 Å². The van der Waals surface area contributed by atoms with Gasteiger partial charge in [-0.05, 0) is 57.0 Å². The second-order valence-electron chi connectivity index (χ2n) is 8.56. The number of benzene rings is 1. The molecular formula is C27H38N2O5. The smallest absolute Gasteiger partial charge is 0.306 e. The van der Waals surface area contributed by atoms with E-state index in [0.29, 0.717) is 18.7 Å². The molecular weight excluding hydrogens is 432 g/mol. The summed E-state index contributed by atoms with van der Waals surface area (Å²) in [4.78, 5) is 22.7. The van der Waals surface area contributed by atoms with E-state index >= 15 is 0 Å². The molecule has 0 bridgehead atoms. The van der Waals surface area contributed by atoms with Crippen molar-refractivity contribution in [2.75, 3.05) is 13.2 Å². The van der Waals surface area contributed by atoms with Gasteiger partial charge in [-0.2, -0.15) is 0 Å². The molecule has 1 aromatic carbocycles. The Hall–Kier alpha value is -2.96. The van der Waals surface area contributed by atoms with Crippen LogP contribution in [0.2, 0.25) is 0 Å². The quantitative estimate of drug-likeness (QED) is 0.208. The number of esters is 1. The summed E-state index contributed by atoms with van der Waals surface area (Å²) in [6.45, 7) is 6.40. The minimum absolute atomic E-state index is 0.0685. The monoisotopic (exact) mass is 470 g/mol. The number of hydrogen-bond donors (Lipinski definition) is 0. The lowest BCUT2D eigenvalue weighted by Gasteiger charge is -2.13. The van der Waals surface area contributed by atoms with Crippen LogP contribution in [-0.4, -0.2) is 41.3 Å². The average molecular weight is 471 g/mol. The molecule has 0 N–H and O–H groups in total. The molecule has 0 aliphatic rings. The second kappa shape index (κ2) is 15.8. The van der Waals surface area contributed by atoms with Crippen LogP contribution in [0.4, 0.5) is 0 Å². The zero-order valence-corrected chi connectivity index (χ0v) is 20.8. The molecule has 0 aliphatic heterocycles. The van der Waals surface area contributed by atoms with Gasteiger partial charge in [-0.1, -0.05) is 39.0 Å². The average Bonchev–Trinajstić information content (AvgIpc) is 2.83. The van der Waals surface area contributed by atoms with Gasteiger partial charge in [0.15, 0.2) is 0 Å². The van der Waals surface area contributed by atoms with Gasteiger partial charge in [0.1, 0.15) is 24.2 Å².